The molecule has 0 saturated heterocycles. The number of fused-ring (bicyclic) bond motifs is 1. The number of rotatable bonds is 7. The number of carbonyl (C=O) groups excluding carboxylic acids is 1. The third-order valence-corrected chi connectivity index (χ3v) is 6.01. The molecule has 9 heteroatoms. The molecule has 0 aliphatic rings. The lowest BCUT2D eigenvalue weighted by atomic mass is 10.1. The molecule has 32 heavy (non-hydrogen) atoms. The standard InChI is InChI=1S/C23H24N6O2S/c1-4-15-8-10-17(11-9-15)29-21(24)20-14(2)27-28-22(20)26-23(29)32-13-19(30)25-16-6-5-7-18(12-16)31-3/h5-12,24H,4,13H2,1-3H3,(H,25,30)(H,27,28). The van der Waals surface area contributed by atoms with Crippen molar-refractivity contribution >= 4 is 34.4 Å². The summed E-state index contributed by atoms with van der Waals surface area (Å²) in [7, 11) is 1.58. The molecular weight excluding hydrogens is 424 g/mol. The number of amides is 1. The number of hydrogen-bond acceptors (Lipinski definition) is 6. The summed E-state index contributed by atoms with van der Waals surface area (Å²) in [6.07, 6.45) is 0.933. The van der Waals surface area contributed by atoms with E-state index in [0.29, 0.717) is 27.6 Å². The van der Waals surface area contributed by atoms with Crippen molar-refractivity contribution in [3.63, 3.8) is 0 Å². The van der Waals surface area contributed by atoms with Crippen LogP contribution in [0, 0.1) is 12.3 Å². The van der Waals surface area contributed by atoms with Gasteiger partial charge in [-0.3, -0.25) is 19.9 Å². The fraction of sp³-hybridized carbons (Fsp3) is 0.217. The van der Waals surface area contributed by atoms with Crippen LogP contribution in [0.5, 0.6) is 5.75 Å². The van der Waals surface area contributed by atoms with E-state index in [1.807, 2.05) is 43.3 Å². The molecule has 3 N–H and O–H groups in total. The topological polar surface area (TPSA) is 109 Å². The summed E-state index contributed by atoms with van der Waals surface area (Å²) in [5.74, 6) is 0.623. The van der Waals surface area contributed by atoms with Gasteiger partial charge in [0.2, 0.25) is 5.91 Å². The van der Waals surface area contributed by atoms with E-state index < -0.39 is 0 Å². The number of ether oxygens (including phenoxy) is 1. The molecule has 164 valence electrons. The van der Waals surface area contributed by atoms with Gasteiger partial charge in [-0.1, -0.05) is 36.9 Å². The fourth-order valence-corrected chi connectivity index (χ4v) is 4.18. The summed E-state index contributed by atoms with van der Waals surface area (Å²) in [6.45, 7) is 3.97. The zero-order chi connectivity index (χ0) is 22.7. The van der Waals surface area contributed by atoms with Crippen LogP contribution in [0.4, 0.5) is 5.69 Å². The number of aromatic nitrogens is 4. The minimum absolute atomic E-state index is 0.131. The third-order valence-electron chi connectivity index (χ3n) is 5.07. The molecule has 0 saturated carbocycles. The van der Waals surface area contributed by atoms with Gasteiger partial charge in [-0.05, 0) is 43.2 Å². The van der Waals surface area contributed by atoms with Gasteiger partial charge in [-0.25, -0.2) is 4.98 Å². The molecular formula is C23H24N6O2S. The average Bonchev–Trinajstić information content (AvgIpc) is 3.18. The highest BCUT2D eigenvalue weighted by Crippen LogP contribution is 2.23. The molecule has 8 nitrogen and oxygen atoms in total. The molecule has 0 radical (unpaired) electrons. The number of methoxy groups -OCH3 is 1. The average molecular weight is 449 g/mol. The number of hydrogen-bond donors (Lipinski definition) is 3. The van der Waals surface area contributed by atoms with Gasteiger partial charge in [0.05, 0.1) is 18.2 Å². The van der Waals surface area contributed by atoms with E-state index in [9.17, 15) is 4.79 Å². The molecule has 0 unspecified atom stereocenters. The molecule has 2 aromatic carbocycles. The number of aryl methyl sites for hydroxylation is 2. The lowest BCUT2D eigenvalue weighted by Crippen LogP contribution is -2.23. The molecule has 1 amide bonds. The maximum Gasteiger partial charge on any atom is 0.234 e. The SMILES string of the molecule is CCc1ccc(-n2c(SCC(=O)Nc3cccc(OC)c3)nc3n[nH]c(C)c3c2=N)cc1. The van der Waals surface area contributed by atoms with Crippen LogP contribution in [-0.4, -0.2) is 38.5 Å². The summed E-state index contributed by atoms with van der Waals surface area (Å²) in [5.41, 5.74) is 4.21. The minimum atomic E-state index is -0.178. The summed E-state index contributed by atoms with van der Waals surface area (Å²) in [6, 6.07) is 15.2. The van der Waals surface area contributed by atoms with Gasteiger partial charge in [-0.15, -0.1) is 0 Å². The second-order valence-electron chi connectivity index (χ2n) is 7.21. The van der Waals surface area contributed by atoms with Crippen LogP contribution >= 0.6 is 11.8 Å². The van der Waals surface area contributed by atoms with Crippen molar-refractivity contribution in [2.45, 2.75) is 25.4 Å². The number of nitrogens with one attached hydrogen (secondary N) is 3. The van der Waals surface area contributed by atoms with Crippen molar-refractivity contribution in [2.75, 3.05) is 18.2 Å². The number of aromatic amines is 1. The Labute approximate surface area is 189 Å². The van der Waals surface area contributed by atoms with E-state index in [1.54, 1.807) is 23.8 Å². The number of anilines is 1. The van der Waals surface area contributed by atoms with E-state index in [1.165, 1.54) is 17.3 Å². The van der Waals surface area contributed by atoms with Crippen molar-refractivity contribution in [3.05, 3.63) is 65.3 Å². The van der Waals surface area contributed by atoms with Crippen LogP contribution in [0.3, 0.4) is 0 Å². The summed E-state index contributed by atoms with van der Waals surface area (Å²) in [5, 5.41) is 20.0. The Balaban J connectivity index is 1.65. The molecule has 0 spiro atoms. The number of H-pyrrole nitrogens is 1. The van der Waals surface area contributed by atoms with Crippen molar-refractivity contribution in [3.8, 4) is 11.4 Å². The first-order valence-electron chi connectivity index (χ1n) is 10.2. The highest BCUT2D eigenvalue weighted by Gasteiger charge is 2.16. The number of nitrogens with zero attached hydrogens (tertiary/aromatic N) is 3. The lowest BCUT2D eigenvalue weighted by molar-refractivity contribution is -0.113. The van der Waals surface area contributed by atoms with Crippen molar-refractivity contribution in [2.24, 2.45) is 0 Å². The van der Waals surface area contributed by atoms with Crippen LogP contribution in [-0.2, 0) is 11.2 Å². The molecule has 0 fully saturated rings. The maximum absolute atomic E-state index is 12.6. The quantitative estimate of drug-likeness (QED) is 0.294. The molecule has 0 bridgehead atoms. The Bertz CT molecular complexity index is 1330. The second kappa shape index (κ2) is 9.27. The second-order valence-corrected chi connectivity index (χ2v) is 8.16. The van der Waals surface area contributed by atoms with Crippen molar-refractivity contribution in [1.82, 2.24) is 19.7 Å². The minimum Gasteiger partial charge on any atom is -0.497 e. The smallest absolute Gasteiger partial charge is 0.234 e. The van der Waals surface area contributed by atoms with Crippen LogP contribution in [0.15, 0.2) is 53.7 Å². The van der Waals surface area contributed by atoms with E-state index in [0.717, 1.165) is 17.8 Å². The van der Waals surface area contributed by atoms with E-state index in [2.05, 4.69) is 27.4 Å². The van der Waals surface area contributed by atoms with Crippen molar-refractivity contribution < 1.29 is 9.53 Å². The first kappa shape index (κ1) is 21.6. The summed E-state index contributed by atoms with van der Waals surface area (Å²) < 4.78 is 6.96. The van der Waals surface area contributed by atoms with Gasteiger partial charge in [0, 0.05) is 23.1 Å². The van der Waals surface area contributed by atoms with Gasteiger partial charge in [0.25, 0.3) is 0 Å². The van der Waals surface area contributed by atoms with Crippen LogP contribution in [0.1, 0.15) is 18.2 Å². The van der Waals surface area contributed by atoms with Gasteiger partial charge >= 0.3 is 0 Å². The molecule has 0 aliphatic heterocycles. The molecule has 2 heterocycles. The highest BCUT2D eigenvalue weighted by molar-refractivity contribution is 7.99. The predicted molar refractivity (Wildman–Crippen MR) is 126 cm³/mol. The van der Waals surface area contributed by atoms with Gasteiger partial charge < -0.3 is 10.1 Å². The molecule has 2 aromatic heterocycles. The van der Waals surface area contributed by atoms with Gasteiger partial charge in [-0.2, -0.15) is 5.10 Å². The number of carbonyl (C=O) groups is 1. The number of benzene rings is 2. The van der Waals surface area contributed by atoms with Crippen LogP contribution < -0.4 is 15.5 Å². The van der Waals surface area contributed by atoms with Crippen LogP contribution in [0.25, 0.3) is 16.7 Å². The Morgan fingerprint density at radius 2 is 2.03 bits per heavy atom. The van der Waals surface area contributed by atoms with Gasteiger partial charge in [0.1, 0.15) is 11.2 Å². The first-order valence-corrected chi connectivity index (χ1v) is 11.2. The molecule has 4 aromatic rings. The zero-order valence-corrected chi connectivity index (χ0v) is 18.9. The lowest BCUT2D eigenvalue weighted by Gasteiger charge is -2.14. The maximum atomic E-state index is 12.6. The molecule has 4 rings (SSSR count). The third kappa shape index (κ3) is 4.38. The summed E-state index contributed by atoms with van der Waals surface area (Å²) >= 11 is 1.26. The Kier molecular flexibility index (Phi) is 6.27. The highest BCUT2D eigenvalue weighted by atomic mass is 32.2. The fourth-order valence-electron chi connectivity index (χ4n) is 3.37. The van der Waals surface area contributed by atoms with E-state index >= 15 is 0 Å². The van der Waals surface area contributed by atoms with Crippen LogP contribution in [0.2, 0.25) is 0 Å². The Hall–Kier alpha value is -3.59. The Morgan fingerprint density at radius 1 is 1.25 bits per heavy atom. The normalized spacial score (nSPS) is 11.0. The molecule has 0 atom stereocenters. The first-order chi connectivity index (χ1) is 15.5. The molecule has 0 aliphatic carbocycles. The zero-order valence-electron chi connectivity index (χ0n) is 18.1. The van der Waals surface area contributed by atoms with E-state index in [4.69, 9.17) is 10.1 Å². The monoisotopic (exact) mass is 448 g/mol. The largest absolute Gasteiger partial charge is 0.497 e. The Morgan fingerprint density at radius 3 is 2.75 bits per heavy atom. The summed E-state index contributed by atoms with van der Waals surface area (Å²) in [4.78, 5) is 17.2. The number of thioether (sulfide) groups is 1. The van der Waals surface area contributed by atoms with Crippen molar-refractivity contribution in [1.29, 1.82) is 5.41 Å². The van der Waals surface area contributed by atoms with Gasteiger partial charge in [0.15, 0.2) is 10.8 Å². The predicted octanol–water partition coefficient (Wildman–Crippen LogP) is 3.84. The van der Waals surface area contributed by atoms with E-state index in [-0.39, 0.29) is 17.1 Å².